The van der Waals surface area contributed by atoms with E-state index in [1.807, 2.05) is 49.6 Å². The molecule has 0 aliphatic heterocycles. The number of aromatic nitrogens is 1. The van der Waals surface area contributed by atoms with Crippen LogP contribution in [0.3, 0.4) is 0 Å². The molecule has 0 fully saturated rings. The topological polar surface area (TPSA) is 59.5 Å². The highest BCUT2D eigenvalue weighted by molar-refractivity contribution is 7.13. The second-order valence-electron chi connectivity index (χ2n) is 5.59. The number of thiophene rings is 1. The lowest BCUT2D eigenvalue weighted by molar-refractivity contribution is -0.136. The maximum Gasteiger partial charge on any atom is 0.225 e. The van der Waals surface area contributed by atoms with E-state index in [0.717, 1.165) is 22.1 Å². The second-order valence-corrected chi connectivity index (χ2v) is 6.54. The first-order chi connectivity index (χ1) is 11.1. The molecule has 0 aromatic carbocycles. The molecule has 0 saturated heterocycles. The summed E-state index contributed by atoms with van der Waals surface area (Å²) in [6.45, 7) is 4.59. The smallest absolute Gasteiger partial charge is 0.225 e. The molecule has 3 aromatic heterocycles. The lowest BCUT2D eigenvalue weighted by Gasteiger charge is -2.22. The van der Waals surface area contributed by atoms with Crippen LogP contribution in [0, 0.1) is 5.92 Å². The van der Waals surface area contributed by atoms with Crippen molar-refractivity contribution in [2.45, 2.75) is 26.9 Å². The number of hydrogen-bond acceptors (Lipinski definition) is 5. The first kappa shape index (κ1) is 15.6. The Morgan fingerprint density at radius 3 is 2.83 bits per heavy atom. The van der Waals surface area contributed by atoms with E-state index in [0.29, 0.717) is 13.1 Å². The SMILES string of the molecule is CC(C)C(=O)N(Cc1cc(-c2cccs2)on1)Cc1ccco1. The molecule has 23 heavy (non-hydrogen) atoms. The molecule has 6 heteroatoms. The minimum absolute atomic E-state index is 0.0575. The molecule has 0 aliphatic rings. The van der Waals surface area contributed by atoms with Gasteiger partial charge in [0.05, 0.1) is 24.2 Å². The molecule has 0 saturated carbocycles. The van der Waals surface area contributed by atoms with Gasteiger partial charge in [-0.15, -0.1) is 11.3 Å². The van der Waals surface area contributed by atoms with E-state index in [9.17, 15) is 4.79 Å². The summed E-state index contributed by atoms with van der Waals surface area (Å²) in [5.41, 5.74) is 0.731. The molecular formula is C17H18N2O3S. The average molecular weight is 330 g/mol. The molecule has 0 bridgehead atoms. The fourth-order valence-corrected chi connectivity index (χ4v) is 2.96. The zero-order valence-corrected chi connectivity index (χ0v) is 13.9. The van der Waals surface area contributed by atoms with Crippen LogP contribution in [0.5, 0.6) is 0 Å². The molecule has 0 N–H and O–H groups in total. The van der Waals surface area contributed by atoms with E-state index in [1.54, 1.807) is 22.5 Å². The van der Waals surface area contributed by atoms with Gasteiger partial charge in [-0.25, -0.2) is 0 Å². The number of hydrogen-bond donors (Lipinski definition) is 0. The fourth-order valence-electron chi connectivity index (χ4n) is 2.28. The van der Waals surface area contributed by atoms with Crippen LogP contribution in [0.15, 0.2) is 50.9 Å². The number of carbonyl (C=O) groups excluding carboxylic acids is 1. The highest BCUT2D eigenvalue weighted by atomic mass is 32.1. The van der Waals surface area contributed by atoms with Gasteiger partial charge in [0.1, 0.15) is 11.5 Å². The monoisotopic (exact) mass is 330 g/mol. The number of rotatable bonds is 6. The summed E-state index contributed by atoms with van der Waals surface area (Å²) in [5, 5.41) is 6.08. The van der Waals surface area contributed by atoms with Crippen LogP contribution in [-0.4, -0.2) is 16.0 Å². The third-order valence-corrected chi connectivity index (χ3v) is 4.29. The normalized spacial score (nSPS) is 11.1. The van der Waals surface area contributed by atoms with Crippen molar-refractivity contribution in [2.24, 2.45) is 5.92 Å². The minimum Gasteiger partial charge on any atom is -0.467 e. The van der Waals surface area contributed by atoms with Crippen LogP contribution in [0.2, 0.25) is 0 Å². The van der Waals surface area contributed by atoms with Crippen LogP contribution in [0.4, 0.5) is 0 Å². The van der Waals surface area contributed by atoms with E-state index in [1.165, 1.54) is 0 Å². The van der Waals surface area contributed by atoms with Crippen molar-refractivity contribution in [3.8, 4) is 10.6 Å². The van der Waals surface area contributed by atoms with E-state index < -0.39 is 0 Å². The van der Waals surface area contributed by atoms with Gasteiger partial charge in [0, 0.05) is 12.0 Å². The van der Waals surface area contributed by atoms with Gasteiger partial charge in [0.2, 0.25) is 5.91 Å². The largest absolute Gasteiger partial charge is 0.467 e. The van der Waals surface area contributed by atoms with Crippen molar-refractivity contribution in [3.63, 3.8) is 0 Å². The summed E-state index contributed by atoms with van der Waals surface area (Å²) in [6, 6.07) is 9.51. The molecule has 3 heterocycles. The van der Waals surface area contributed by atoms with E-state index in [2.05, 4.69) is 5.16 Å². The Morgan fingerprint density at radius 1 is 1.30 bits per heavy atom. The molecule has 1 amide bonds. The second kappa shape index (κ2) is 6.83. The highest BCUT2D eigenvalue weighted by Gasteiger charge is 2.20. The first-order valence-electron chi connectivity index (χ1n) is 7.44. The van der Waals surface area contributed by atoms with Crippen molar-refractivity contribution in [3.05, 3.63) is 53.4 Å². The van der Waals surface area contributed by atoms with Crippen LogP contribution in [0.1, 0.15) is 25.3 Å². The number of amides is 1. The lowest BCUT2D eigenvalue weighted by atomic mass is 10.1. The van der Waals surface area contributed by atoms with Gasteiger partial charge in [0.25, 0.3) is 0 Å². The maximum absolute atomic E-state index is 12.4. The van der Waals surface area contributed by atoms with Gasteiger partial charge >= 0.3 is 0 Å². The molecule has 0 aliphatic carbocycles. The first-order valence-corrected chi connectivity index (χ1v) is 8.32. The predicted molar refractivity (Wildman–Crippen MR) is 87.6 cm³/mol. The van der Waals surface area contributed by atoms with Crippen molar-refractivity contribution >= 4 is 17.2 Å². The number of nitrogens with zero attached hydrogens (tertiary/aromatic N) is 2. The van der Waals surface area contributed by atoms with E-state index >= 15 is 0 Å². The number of carbonyl (C=O) groups is 1. The lowest BCUT2D eigenvalue weighted by Crippen LogP contribution is -2.33. The molecule has 0 atom stereocenters. The molecule has 0 radical (unpaired) electrons. The zero-order chi connectivity index (χ0) is 16.2. The average Bonchev–Trinajstić information content (AvgIpc) is 3.27. The Kier molecular flexibility index (Phi) is 4.62. The van der Waals surface area contributed by atoms with Gasteiger partial charge in [-0.05, 0) is 23.6 Å². The van der Waals surface area contributed by atoms with Crippen molar-refractivity contribution in [1.82, 2.24) is 10.1 Å². The fraction of sp³-hybridized carbons (Fsp3) is 0.294. The Morgan fingerprint density at radius 2 is 2.17 bits per heavy atom. The van der Waals surface area contributed by atoms with Crippen LogP contribution >= 0.6 is 11.3 Å². The summed E-state index contributed by atoms with van der Waals surface area (Å²) in [4.78, 5) is 15.2. The van der Waals surface area contributed by atoms with Crippen LogP contribution in [0.25, 0.3) is 10.6 Å². The summed E-state index contributed by atoms with van der Waals surface area (Å²) < 4.78 is 10.7. The highest BCUT2D eigenvalue weighted by Crippen LogP contribution is 2.26. The van der Waals surface area contributed by atoms with Crippen molar-refractivity contribution in [2.75, 3.05) is 0 Å². The van der Waals surface area contributed by atoms with Crippen LogP contribution < -0.4 is 0 Å². The minimum atomic E-state index is -0.0892. The third-order valence-electron chi connectivity index (χ3n) is 3.41. The summed E-state index contributed by atoms with van der Waals surface area (Å²) in [5.74, 6) is 1.45. The van der Waals surface area contributed by atoms with Crippen LogP contribution in [-0.2, 0) is 17.9 Å². The summed E-state index contributed by atoms with van der Waals surface area (Å²) in [6.07, 6.45) is 1.61. The molecule has 5 nitrogen and oxygen atoms in total. The molecule has 120 valence electrons. The van der Waals surface area contributed by atoms with Gasteiger partial charge in [0.15, 0.2) is 5.76 Å². The van der Waals surface area contributed by atoms with Gasteiger partial charge in [-0.2, -0.15) is 0 Å². The molecular weight excluding hydrogens is 312 g/mol. The van der Waals surface area contributed by atoms with Gasteiger partial charge < -0.3 is 13.8 Å². The van der Waals surface area contributed by atoms with E-state index in [-0.39, 0.29) is 11.8 Å². The van der Waals surface area contributed by atoms with Crippen molar-refractivity contribution < 1.29 is 13.7 Å². The third kappa shape index (κ3) is 3.71. The Bertz CT molecular complexity index is 745. The Labute approximate surface area is 138 Å². The van der Waals surface area contributed by atoms with Gasteiger partial charge in [-0.3, -0.25) is 4.79 Å². The Balaban J connectivity index is 1.76. The molecule has 0 unspecified atom stereocenters. The Hall–Kier alpha value is -2.34. The maximum atomic E-state index is 12.4. The summed E-state index contributed by atoms with van der Waals surface area (Å²) in [7, 11) is 0. The predicted octanol–water partition coefficient (Wildman–Crippen LogP) is 4.18. The molecule has 3 rings (SSSR count). The summed E-state index contributed by atoms with van der Waals surface area (Å²) >= 11 is 1.59. The van der Waals surface area contributed by atoms with E-state index in [4.69, 9.17) is 8.94 Å². The van der Waals surface area contributed by atoms with Gasteiger partial charge in [-0.1, -0.05) is 25.1 Å². The zero-order valence-electron chi connectivity index (χ0n) is 13.1. The van der Waals surface area contributed by atoms with Crippen molar-refractivity contribution in [1.29, 1.82) is 0 Å². The molecule has 3 aromatic rings. The molecule has 0 spiro atoms. The standard InChI is InChI=1S/C17H18N2O3S/c1-12(2)17(20)19(11-14-5-3-7-21-14)10-13-9-15(22-18-13)16-6-4-8-23-16/h3-9,12H,10-11H2,1-2H3. The quantitative estimate of drug-likeness (QED) is 0.680. The number of furan rings is 1.